The standard InChI is InChI=1S/C16H22BrNO3/c1-10-6-11(9-21-10)16(18-2)12-7-14-15(8-13(12)17)20-5-3-4-19-14/h7-8,10-11,16,18H,3-6,9H2,1-2H3. The fourth-order valence-corrected chi connectivity index (χ4v) is 3.73. The number of hydrogen-bond donors (Lipinski definition) is 1. The van der Waals surface area contributed by atoms with E-state index in [0.717, 1.165) is 35.4 Å². The Morgan fingerprint density at radius 2 is 1.95 bits per heavy atom. The van der Waals surface area contributed by atoms with E-state index in [1.54, 1.807) is 0 Å². The van der Waals surface area contributed by atoms with Crippen LogP contribution in [-0.4, -0.2) is 33.0 Å². The largest absolute Gasteiger partial charge is 0.490 e. The van der Waals surface area contributed by atoms with Crippen molar-refractivity contribution in [2.45, 2.75) is 31.9 Å². The van der Waals surface area contributed by atoms with Crippen molar-refractivity contribution in [2.75, 3.05) is 26.9 Å². The Kier molecular flexibility index (Phi) is 4.72. The van der Waals surface area contributed by atoms with Gasteiger partial charge in [-0.2, -0.15) is 0 Å². The van der Waals surface area contributed by atoms with Gasteiger partial charge in [-0.25, -0.2) is 0 Å². The molecule has 21 heavy (non-hydrogen) atoms. The smallest absolute Gasteiger partial charge is 0.162 e. The first-order valence-electron chi connectivity index (χ1n) is 7.57. The van der Waals surface area contributed by atoms with Gasteiger partial charge in [-0.1, -0.05) is 15.9 Å². The summed E-state index contributed by atoms with van der Waals surface area (Å²) < 4.78 is 18.3. The average Bonchev–Trinajstić information content (AvgIpc) is 2.76. The van der Waals surface area contributed by atoms with Gasteiger partial charge < -0.3 is 19.5 Å². The molecule has 1 fully saturated rings. The van der Waals surface area contributed by atoms with Gasteiger partial charge in [0.25, 0.3) is 0 Å². The molecule has 0 amide bonds. The predicted molar refractivity (Wildman–Crippen MR) is 85.1 cm³/mol. The minimum absolute atomic E-state index is 0.251. The topological polar surface area (TPSA) is 39.7 Å². The van der Waals surface area contributed by atoms with E-state index >= 15 is 0 Å². The number of nitrogens with one attached hydrogen (secondary N) is 1. The number of benzene rings is 1. The molecular weight excluding hydrogens is 334 g/mol. The highest BCUT2D eigenvalue weighted by molar-refractivity contribution is 9.10. The van der Waals surface area contributed by atoms with E-state index in [2.05, 4.69) is 34.2 Å². The summed E-state index contributed by atoms with van der Waals surface area (Å²) in [5, 5.41) is 3.44. The van der Waals surface area contributed by atoms with Crippen molar-refractivity contribution in [3.63, 3.8) is 0 Å². The molecule has 0 spiro atoms. The van der Waals surface area contributed by atoms with E-state index in [1.165, 1.54) is 5.56 Å². The van der Waals surface area contributed by atoms with Crippen LogP contribution in [0.5, 0.6) is 11.5 Å². The number of ether oxygens (including phenoxy) is 3. The minimum atomic E-state index is 0.251. The molecule has 1 aromatic rings. The fraction of sp³-hybridized carbons (Fsp3) is 0.625. The van der Waals surface area contributed by atoms with E-state index < -0.39 is 0 Å². The first-order valence-corrected chi connectivity index (χ1v) is 8.36. The van der Waals surface area contributed by atoms with Gasteiger partial charge in [0.15, 0.2) is 11.5 Å². The van der Waals surface area contributed by atoms with Crippen molar-refractivity contribution >= 4 is 15.9 Å². The zero-order valence-electron chi connectivity index (χ0n) is 12.5. The monoisotopic (exact) mass is 355 g/mol. The summed E-state index contributed by atoms with van der Waals surface area (Å²) in [4.78, 5) is 0. The van der Waals surface area contributed by atoms with Crippen LogP contribution in [-0.2, 0) is 4.74 Å². The maximum Gasteiger partial charge on any atom is 0.162 e. The zero-order valence-corrected chi connectivity index (χ0v) is 14.1. The van der Waals surface area contributed by atoms with Crippen LogP contribution in [0.1, 0.15) is 31.4 Å². The van der Waals surface area contributed by atoms with E-state index in [1.807, 2.05) is 13.1 Å². The van der Waals surface area contributed by atoms with Crippen LogP contribution >= 0.6 is 15.9 Å². The highest BCUT2D eigenvalue weighted by atomic mass is 79.9. The number of fused-ring (bicyclic) bond motifs is 1. The van der Waals surface area contributed by atoms with Gasteiger partial charge in [-0.15, -0.1) is 0 Å². The second-order valence-corrected chi connectivity index (χ2v) is 6.63. The van der Waals surface area contributed by atoms with Crippen molar-refractivity contribution in [2.24, 2.45) is 5.92 Å². The fourth-order valence-electron chi connectivity index (χ4n) is 3.17. The third-order valence-electron chi connectivity index (χ3n) is 4.21. The Balaban J connectivity index is 1.91. The Hall–Kier alpha value is -0.780. The molecule has 2 aliphatic heterocycles. The first-order chi connectivity index (χ1) is 10.2. The van der Waals surface area contributed by atoms with Gasteiger partial charge in [0.2, 0.25) is 0 Å². The summed E-state index contributed by atoms with van der Waals surface area (Å²) in [5.41, 5.74) is 1.21. The van der Waals surface area contributed by atoms with Crippen LogP contribution in [0, 0.1) is 5.92 Å². The van der Waals surface area contributed by atoms with Gasteiger partial charge in [0.05, 0.1) is 25.9 Å². The van der Waals surface area contributed by atoms with Crippen molar-refractivity contribution < 1.29 is 14.2 Å². The van der Waals surface area contributed by atoms with Crippen LogP contribution in [0.25, 0.3) is 0 Å². The average molecular weight is 356 g/mol. The summed E-state index contributed by atoms with van der Waals surface area (Å²) in [6, 6.07) is 4.38. The molecule has 2 aliphatic rings. The Bertz CT molecular complexity index is 509. The maximum absolute atomic E-state index is 5.82. The van der Waals surface area contributed by atoms with E-state index in [4.69, 9.17) is 14.2 Å². The molecular formula is C16H22BrNO3. The van der Waals surface area contributed by atoms with Crippen LogP contribution in [0.4, 0.5) is 0 Å². The Morgan fingerprint density at radius 3 is 2.57 bits per heavy atom. The lowest BCUT2D eigenvalue weighted by molar-refractivity contribution is 0.117. The van der Waals surface area contributed by atoms with Crippen LogP contribution < -0.4 is 14.8 Å². The second kappa shape index (κ2) is 6.55. The highest BCUT2D eigenvalue weighted by Crippen LogP contribution is 2.41. The molecule has 5 heteroatoms. The van der Waals surface area contributed by atoms with E-state index in [9.17, 15) is 0 Å². The molecule has 0 bridgehead atoms. The Labute approximate surface area is 134 Å². The number of halogens is 1. The summed E-state index contributed by atoms with van der Waals surface area (Å²) in [7, 11) is 2.00. The highest BCUT2D eigenvalue weighted by Gasteiger charge is 2.31. The zero-order chi connectivity index (χ0) is 14.8. The van der Waals surface area contributed by atoms with E-state index in [-0.39, 0.29) is 6.04 Å². The lowest BCUT2D eigenvalue weighted by Gasteiger charge is -2.24. The molecule has 0 aromatic heterocycles. The van der Waals surface area contributed by atoms with Gasteiger partial charge >= 0.3 is 0 Å². The van der Waals surface area contributed by atoms with Gasteiger partial charge in [-0.3, -0.25) is 0 Å². The van der Waals surface area contributed by atoms with E-state index in [0.29, 0.717) is 25.2 Å². The van der Waals surface area contributed by atoms with Crippen molar-refractivity contribution in [1.29, 1.82) is 0 Å². The maximum atomic E-state index is 5.82. The van der Waals surface area contributed by atoms with Crippen molar-refractivity contribution in [3.05, 3.63) is 22.2 Å². The van der Waals surface area contributed by atoms with Crippen molar-refractivity contribution in [3.8, 4) is 11.5 Å². The third-order valence-corrected chi connectivity index (χ3v) is 4.90. The lowest BCUT2D eigenvalue weighted by atomic mass is 9.91. The van der Waals surface area contributed by atoms with Crippen LogP contribution in [0.3, 0.4) is 0 Å². The number of hydrogen-bond acceptors (Lipinski definition) is 4. The molecule has 0 radical (unpaired) electrons. The van der Waals surface area contributed by atoms with Gasteiger partial charge in [0, 0.05) is 22.9 Å². The molecule has 3 atom stereocenters. The molecule has 3 rings (SSSR count). The van der Waals surface area contributed by atoms with Crippen molar-refractivity contribution in [1.82, 2.24) is 5.32 Å². The minimum Gasteiger partial charge on any atom is -0.490 e. The molecule has 2 heterocycles. The first kappa shape index (κ1) is 15.1. The molecule has 3 unspecified atom stereocenters. The SMILES string of the molecule is CNC(c1cc2c(cc1Br)OCCCO2)C1COC(C)C1. The molecule has 1 aromatic carbocycles. The van der Waals surface area contributed by atoms with Gasteiger partial charge in [-0.05, 0) is 38.1 Å². The summed E-state index contributed by atoms with van der Waals surface area (Å²) in [6.45, 7) is 4.35. The third kappa shape index (κ3) is 3.20. The summed E-state index contributed by atoms with van der Waals surface area (Å²) >= 11 is 3.69. The van der Waals surface area contributed by atoms with Crippen LogP contribution in [0.15, 0.2) is 16.6 Å². The number of rotatable bonds is 3. The second-order valence-electron chi connectivity index (χ2n) is 5.78. The molecule has 1 saturated heterocycles. The normalized spacial score (nSPS) is 26.4. The molecule has 0 aliphatic carbocycles. The Morgan fingerprint density at radius 1 is 1.24 bits per heavy atom. The van der Waals surface area contributed by atoms with Gasteiger partial charge in [0.1, 0.15) is 0 Å². The quantitative estimate of drug-likeness (QED) is 0.902. The predicted octanol–water partition coefficient (Wildman–Crippen LogP) is 3.30. The summed E-state index contributed by atoms with van der Waals surface area (Å²) in [6.07, 6.45) is 2.34. The molecule has 1 N–H and O–H groups in total. The summed E-state index contributed by atoms with van der Waals surface area (Å²) in [5.74, 6) is 2.15. The van der Waals surface area contributed by atoms with Crippen LogP contribution in [0.2, 0.25) is 0 Å². The lowest BCUT2D eigenvalue weighted by Crippen LogP contribution is -2.26. The molecule has 0 saturated carbocycles. The molecule has 4 nitrogen and oxygen atoms in total. The molecule has 116 valence electrons.